The zero-order chi connectivity index (χ0) is 16.4. The van der Waals surface area contributed by atoms with Gasteiger partial charge in [-0.3, -0.25) is 10.1 Å². The van der Waals surface area contributed by atoms with E-state index in [4.69, 9.17) is 0 Å². The van der Waals surface area contributed by atoms with Gasteiger partial charge in [-0.2, -0.15) is 5.10 Å². The second kappa shape index (κ2) is 6.06. The Morgan fingerprint density at radius 3 is 2.77 bits per heavy atom. The number of anilines is 1. The van der Waals surface area contributed by atoms with Crippen LogP contribution in [0.5, 0.6) is 0 Å². The van der Waals surface area contributed by atoms with Crippen LogP contribution in [-0.2, 0) is 7.05 Å². The van der Waals surface area contributed by atoms with Crippen molar-refractivity contribution in [3.05, 3.63) is 51.2 Å². The number of aryl methyl sites for hydroxylation is 2. The van der Waals surface area contributed by atoms with Gasteiger partial charge in [0.05, 0.1) is 11.0 Å². The molecule has 2 aromatic rings. The molecule has 1 atom stereocenters. The van der Waals surface area contributed by atoms with Crippen molar-refractivity contribution in [3.63, 3.8) is 0 Å². The van der Waals surface area contributed by atoms with Crippen LogP contribution in [0.15, 0.2) is 18.2 Å². The van der Waals surface area contributed by atoms with E-state index >= 15 is 0 Å². The normalized spacial score (nSPS) is 12.2. The highest BCUT2D eigenvalue weighted by molar-refractivity contribution is 5.59. The summed E-state index contributed by atoms with van der Waals surface area (Å²) in [5, 5.41) is 27.6. The number of nitro groups is 1. The molecule has 2 rings (SSSR count). The molecule has 7 nitrogen and oxygen atoms in total. The Kier molecular flexibility index (Phi) is 4.36. The third-order valence-electron chi connectivity index (χ3n) is 3.16. The van der Waals surface area contributed by atoms with E-state index in [1.165, 1.54) is 18.7 Å². The van der Waals surface area contributed by atoms with Crippen molar-refractivity contribution in [1.29, 1.82) is 0 Å². The summed E-state index contributed by atoms with van der Waals surface area (Å²) in [6, 6.07) is 2.81. The SMILES string of the molecule is Cc1nn(C)c(NCC(O)c2ccc(F)cc2F)c1[N+](=O)[O-]. The molecule has 118 valence electrons. The van der Waals surface area contributed by atoms with E-state index in [0.29, 0.717) is 6.07 Å². The van der Waals surface area contributed by atoms with Crippen LogP contribution in [0.4, 0.5) is 20.3 Å². The molecule has 1 unspecified atom stereocenters. The summed E-state index contributed by atoms with van der Waals surface area (Å²) in [4.78, 5) is 10.4. The molecular formula is C13H14F2N4O3. The first-order chi connectivity index (χ1) is 10.3. The molecule has 0 saturated carbocycles. The van der Waals surface area contributed by atoms with Gasteiger partial charge >= 0.3 is 5.69 Å². The second-order valence-electron chi connectivity index (χ2n) is 4.73. The smallest absolute Gasteiger partial charge is 0.333 e. The fraction of sp³-hybridized carbons (Fsp3) is 0.308. The van der Waals surface area contributed by atoms with Crippen LogP contribution in [0.3, 0.4) is 0 Å². The molecule has 1 aromatic heterocycles. The van der Waals surface area contributed by atoms with Gasteiger partial charge in [-0.25, -0.2) is 13.5 Å². The third-order valence-corrected chi connectivity index (χ3v) is 3.16. The minimum Gasteiger partial charge on any atom is -0.386 e. The number of halogens is 2. The van der Waals surface area contributed by atoms with Crippen LogP contribution in [0, 0.1) is 28.7 Å². The summed E-state index contributed by atoms with van der Waals surface area (Å²) >= 11 is 0. The summed E-state index contributed by atoms with van der Waals surface area (Å²) < 4.78 is 27.7. The maximum atomic E-state index is 13.6. The quantitative estimate of drug-likeness (QED) is 0.651. The molecule has 1 heterocycles. The third kappa shape index (κ3) is 3.03. The average molecular weight is 312 g/mol. The highest BCUT2D eigenvalue weighted by Crippen LogP contribution is 2.28. The van der Waals surface area contributed by atoms with Crippen LogP contribution in [-0.4, -0.2) is 26.4 Å². The topological polar surface area (TPSA) is 93.2 Å². The van der Waals surface area contributed by atoms with Crippen LogP contribution < -0.4 is 5.32 Å². The molecule has 0 fully saturated rings. The first-order valence-corrected chi connectivity index (χ1v) is 6.36. The number of benzene rings is 1. The summed E-state index contributed by atoms with van der Waals surface area (Å²) in [6.07, 6.45) is -1.30. The van der Waals surface area contributed by atoms with Gasteiger partial charge in [-0.15, -0.1) is 0 Å². The fourth-order valence-electron chi connectivity index (χ4n) is 2.14. The van der Waals surface area contributed by atoms with E-state index in [1.54, 1.807) is 0 Å². The lowest BCUT2D eigenvalue weighted by molar-refractivity contribution is -0.384. The Hall–Kier alpha value is -2.55. The van der Waals surface area contributed by atoms with Gasteiger partial charge in [-0.1, -0.05) is 6.07 Å². The number of aliphatic hydroxyl groups excluding tert-OH is 1. The first-order valence-electron chi connectivity index (χ1n) is 6.36. The fourth-order valence-corrected chi connectivity index (χ4v) is 2.14. The number of nitrogens with zero attached hydrogens (tertiary/aromatic N) is 3. The highest BCUT2D eigenvalue weighted by Gasteiger charge is 2.24. The number of hydrogen-bond donors (Lipinski definition) is 2. The van der Waals surface area contributed by atoms with E-state index in [9.17, 15) is 24.0 Å². The van der Waals surface area contributed by atoms with Gasteiger partial charge in [0.15, 0.2) is 0 Å². The van der Waals surface area contributed by atoms with Gasteiger partial charge < -0.3 is 10.4 Å². The molecular weight excluding hydrogens is 298 g/mol. The molecule has 22 heavy (non-hydrogen) atoms. The van der Waals surface area contributed by atoms with Crippen molar-refractivity contribution in [1.82, 2.24) is 9.78 Å². The number of nitrogens with one attached hydrogen (secondary N) is 1. The van der Waals surface area contributed by atoms with Gasteiger partial charge in [0.2, 0.25) is 5.82 Å². The predicted molar refractivity (Wildman–Crippen MR) is 74.4 cm³/mol. The molecule has 1 aromatic carbocycles. The molecule has 0 aliphatic carbocycles. The van der Waals surface area contributed by atoms with Crippen LogP contribution in [0.1, 0.15) is 17.4 Å². The Morgan fingerprint density at radius 2 is 2.18 bits per heavy atom. The largest absolute Gasteiger partial charge is 0.386 e. The number of aliphatic hydroxyl groups is 1. The zero-order valence-electron chi connectivity index (χ0n) is 11.9. The van der Waals surface area contributed by atoms with Crippen molar-refractivity contribution in [2.75, 3.05) is 11.9 Å². The summed E-state index contributed by atoms with van der Waals surface area (Å²) in [7, 11) is 1.51. The van der Waals surface area contributed by atoms with Crippen molar-refractivity contribution in [3.8, 4) is 0 Å². The number of hydrogen-bond acceptors (Lipinski definition) is 5. The van der Waals surface area contributed by atoms with E-state index in [1.807, 2.05) is 0 Å². The molecule has 0 saturated heterocycles. The van der Waals surface area contributed by atoms with Gasteiger partial charge in [-0.05, 0) is 13.0 Å². The Balaban J connectivity index is 2.18. The predicted octanol–water partition coefficient (Wildman–Crippen LogP) is 2.06. The number of aromatic nitrogens is 2. The number of rotatable bonds is 5. The van der Waals surface area contributed by atoms with Crippen LogP contribution in [0.25, 0.3) is 0 Å². The summed E-state index contributed by atoms with van der Waals surface area (Å²) in [6.45, 7) is 1.29. The van der Waals surface area contributed by atoms with E-state index in [2.05, 4.69) is 10.4 Å². The van der Waals surface area contributed by atoms with E-state index in [-0.39, 0.29) is 29.3 Å². The maximum absolute atomic E-state index is 13.6. The first kappa shape index (κ1) is 15.8. The lowest BCUT2D eigenvalue weighted by Gasteiger charge is -2.13. The van der Waals surface area contributed by atoms with Crippen molar-refractivity contribution < 1.29 is 18.8 Å². The van der Waals surface area contributed by atoms with Gasteiger partial charge in [0, 0.05) is 25.2 Å². The van der Waals surface area contributed by atoms with Crippen molar-refractivity contribution in [2.45, 2.75) is 13.0 Å². The monoisotopic (exact) mass is 312 g/mol. The molecule has 0 aliphatic rings. The Bertz CT molecular complexity index is 718. The summed E-state index contributed by atoms with van der Waals surface area (Å²) in [5.41, 5.74) is -0.0952. The second-order valence-corrected chi connectivity index (χ2v) is 4.73. The molecule has 0 bridgehead atoms. The summed E-state index contributed by atoms with van der Waals surface area (Å²) in [5.74, 6) is -1.53. The van der Waals surface area contributed by atoms with Gasteiger partial charge in [0.25, 0.3) is 0 Å². The van der Waals surface area contributed by atoms with Crippen molar-refractivity contribution in [2.24, 2.45) is 7.05 Å². The lowest BCUT2D eigenvalue weighted by Crippen LogP contribution is -2.16. The van der Waals surface area contributed by atoms with Crippen molar-refractivity contribution >= 4 is 11.5 Å². The molecule has 0 spiro atoms. The standard InChI is InChI=1S/C13H14F2N4O3/c1-7-12(19(21)22)13(18(2)17-7)16-6-11(20)9-4-3-8(14)5-10(9)15/h3-5,11,16,20H,6H2,1-2H3. The molecule has 0 amide bonds. The van der Waals surface area contributed by atoms with Crippen LogP contribution in [0.2, 0.25) is 0 Å². The minimum atomic E-state index is -1.30. The highest BCUT2D eigenvalue weighted by atomic mass is 19.1. The molecule has 9 heteroatoms. The molecule has 0 radical (unpaired) electrons. The Morgan fingerprint density at radius 1 is 1.50 bits per heavy atom. The Labute approximate surface area is 124 Å². The van der Waals surface area contributed by atoms with Gasteiger partial charge in [0.1, 0.15) is 17.3 Å². The molecule has 2 N–H and O–H groups in total. The van der Waals surface area contributed by atoms with Crippen LogP contribution >= 0.6 is 0 Å². The maximum Gasteiger partial charge on any atom is 0.333 e. The average Bonchev–Trinajstić information content (AvgIpc) is 2.70. The molecule has 0 aliphatic heterocycles. The minimum absolute atomic E-state index is 0.101. The van der Waals surface area contributed by atoms with E-state index < -0.39 is 22.7 Å². The van der Waals surface area contributed by atoms with E-state index in [0.717, 1.165) is 12.1 Å². The lowest BCUT2D eigenvalue weighted by atomic mass is 10.1. The zero-order valence-corrected chi connectivity index (χ0v) is 11.9.